The summed E-state index contributed by atoms with van der Waals surface area (Å²) >= 11 is 0. The molecule has 0 amide bonds. The quantitative estimate of drug-likeness (QED) is 0.208. The van der Waals surface area contributed by atoms with E-state index in [1.165, 1.54) is 0 Å². The Balaban J connectivity index is 2.34. The van der Waals surface area contributed by atoms with Crippen LogP contribution in [0.1, 0.15) is 33.6 Å². The van der Waals surface area contributed by atoms with Gasteiger partial charge in [0, 0.05) is 38.3 Å². The average Bonchev–Trinajstić information content (AvgIpc) is 2.40. The summed E-state index contributed by atoms with van der Waals surface area (Å²) in [5.74, 6) is 6.13. The van der Waals surface area contributed by atoms with Crippen molar-refractivity contribution in [2.75, 3.05) is 26.9 Å². The smallest absolute Gasteiger partial charge is 0.205 e. The number of methoxy groups -OCH3 is 1. The van der Waals surface area contributed by atoms with E-state index in [0.29, 0.717) is 24.7 Å². The molecule has 6 nitrogen and oxygen atoms in total. The van der Waals surface area contributed by atoms with Crippen molar-refractivity contribution in [2.24, 2.45) is 16.3 Å². The van der Waals surface area contributed by atoms with Crippen molar-refractivity contribution >= 4 is 5.96 Å². The lowest BCUT2D eigenvalue weighted by atomic mass is 9.64. The molecule has 2 atom stereocenters. The van der Waals surface area contributed by atoms with Gasteiger partial charge in [-0.25, -0.2) is 5.84 Å². The highest BCUT2D eigenvalue weighted by atomic mass is 16.5. The molecule has 1 aliphatic rings. The second kappa shape index (κ2) is 7.67. The van der Waals surface area contributed by atoms with Gasteiger partial charge in [0.25, 0.3) is 0 Å². The maximum atomic E-state index is 5.49. The van der Waals surface area contributed by atoms with Gasteiger partial charge in [0.05, 0.1) is 6.10 Å². The minimum atomic E-state index is 0.0949. The SMILES string of the molecule is CCOCCCN=C(NN)NC1CC(OC)C1(C)C. The van der Waals surface area contributed by atoms with E-state index < -0.39 is 0 Å². The minimum Gasteiger partial charge on any atom is -0.382 e. The molecule has 1 rings (SSSR count). The topological polar surface area (TPSA) is 80.9 Å². The van der Waals surface area contributed by atoms with E-state index in [1.807, 2.05) is 6.92 Å². The first kappa shape index (κ1) is 16.2. The number of aliphatic imine (C=N–C) groups is 1. The highest BCUT2D eigenvalue weighted by Gasteiger charge is 2.48. The van der Waals surface area contributed by atoms with Crippen molar-refractivity contribution in [3.05, 3.63) is 0 Å². The molecule has 4 N–H and O–H groups in total. The van der Waals surface area contributed by atoms with Crippen molar-refractivity contribution in [1.29, 1.82) is 0 Å². The first-order valence-electron chi connectivity index (χ1n) is 6.94. The molecule has 0 radical (unpaired) electrons. The van der Waals surface area contributed by atoms with E-state index in [-0.39, 0.29) is 5.41 Å². The number of hydrogen-bond donors (Lipinski definition) is 3. The van der Waals surface area contributed by atoms with Crippen LogP contribution >= 0.6 is 0 Å². The second-order valence-electron chi connectivity index (χ2n) is 5.40. The predicted octanol–water partition coefficient (Wildman–Crippen LogP) is 0.635. The van der Waals surface area contributed by atoms with Crippen LogP contribution < -0.4 is 16.6 Å². The van der Waals surface area contributed by atoms with E-state index in [0.717, 1.165) is 26.1 Å². The fraction of sp³-hybridized carbons (Fsp3) is 0.923. The Morgan fingerprint density at radius 2 is 2.21 bits per heavy atom. The molecule has 6 heteroatoms. The largest absolute Gasteiger partial charge is 0.382 e. The molecule has 0 heterocycles. The van der Waals surface area contributed by atoms with Gasteiger partial charge in [-0.05, 0) is 19.8 Å². The van der Waals surface area contributed by atoms with E-state index >= 15 is 0 Å². The fourth-order valence-corrected chi connectivity index (χ4v) is 2.33. The molecule has 1 saturated carbocycles. The van der Waals surface area contributed by atoms with Crippen molar-refractivity contribution < 1.29 is 9.47 Å². The lowest BCUT2D eigenvalue weighted by molar-refractivity contribution is -0.0922. The summed E-state index contributed by atoms with van der Waals surface area (Å²) in [6.07, 6.45) is 2.17. The molecule has 0 aromatic carbocycles. The first-order valence-corrected chi connectivity index (χ1v) is 6.94. The number of rotatable bonds is 7. The Bertz CT molecular complexity index is 294. The molecule has 2 unspecified atom stereocenters. The first-order chi connectivity index (χ1) is 9.06. The van der Waals surface area contributed by atoms with Crippen LogP contribution in [-0.4, -0.2) is 45.0 Å². The highest BCUT2D eigenvalue weighted by molar-refractivity contribution is 5.79. The third kappa shape index (κ3) is 4.33. The van der Waals surface area contributed by atoms with Crippen LogP contribution in [0.3, 0.4) is 0 Å². The summed E-state index contributed by atoms with van der Waals surface area (Å²) in [5, 5.41) is 3.34. The van der Waals surface area contributed by atoms with Gasteiger partial charge < -0.3 is 14.8 Å². The van der Waals surface area contributed by atoms with Crippen LogP contribution in [-0.2, 0) is 9.47 Å². The van der Waals surface area contributed by atoms with Crippen molar-refractivity contribution in [3.63, 3.8) is 0 Å². The Kier molecular flexibility index (Phi) is 6.54. The molecule has 0 saturated heterocycles. The molecular formula is C13H28N4O2. The zero-order valence-electron chi connectivity index (χ0n) is 12.5. The molecule has 0 bridgehead atoms. The Hall–Kier alpha value is -0.850. The maximum Gasteiger partial charge on any atom is 0.205 e. The summed E-state index contributed by atoms with van der Waals surface area (Å²) in [6.45, 7) is 8.55. The van der Waals surface area contributed by atoms with Crippen LogP contribution in [0.4, 0.5) is 0 Å². The lowest BCUT2D eigenvalue weighted by Crippen LogP contribution is -2.63. The van der Waals surface area contributed by atoms with E-state index in [9.17, 15) is 0 Å². The van der Waals surface area contributed by atoms with Gasteiger partial charge in [-0.3, -0.25) is 10.4 Å². The molecule has 1 fully saturated rings. The fourth-order valence-electron chi connectivity index (χ4n) is 2.33. The Morgan fingerprint density at radius 1 is 1.47 bits per heavy atom. The molecular weight excluding hydrogens is 244 g/mol. The van der Waals surface area contributed by atoms with Crippen LogP contribution in [0, 0.1) is 5.41 Å². The number of ether oxygens (including phenoxy) is 2. The van der Waals surface area contributed by atoms with Crippen LogP contribution in [0.2, 0.25) is 0 Å². The van der Waals surface area contributed by atoms with Crippen LogP contribution in [0.25, 0.3) is 0 Å². The van der Waals surface area contributed by atoms with Gasteiger partial charge in [-0.15, -0.1) is 0 Å². The summed E-state index contributed by atoms with van der Waals surface area (Å²) < 4.78 is 10.7. The van der Waals surface area contributed by atoms with Gasteiger partial charge in [0.1, 0.15) is 0 Å². The van der Waals surface area contributed by atoms with Crippen LogP contribution in [0.5, 0.6) is 0 Å². The van der Waals surface area contributed by atoms with E-state index in [4.69, 9.17) is 15.3 Å². The average molecular weight is 272 g/mol. The molecule has 1 aliphatic carbocycles. The maximum absolute atomic E-state index is 5.49. The Morgan fingerprint density at radius 3 is 2.74 bits per heavy atom. The summed E-state index contributed by atoms with van der Waals surface area (Å²) in [6, 6.07) is 0.333. The molecule has 0 aliphatic heterocycles. The number of hydrogen-bond acceptors (Lipinski definition) is 4. The van der Waals surface area contributed by atoms with Gasteiger partial charge >= 0.3 is 0 Å². The normalized spacial score (nSPS) is 25.8. The summed E-state index contributed by atoms with van der Waals surface area (Å²) in [7, 11) is 1.76. The Labute approximate surface area is 116 Å². The van der Waals surface area contributed by atoms with Gasteiger partial charge in [-0.1, -0.05) is 13.8 Å². The highest BCUT2D eigenvalue weighted by Crippen LogP contribution is 2.42. The monoisotopic (exact) mass is 272 g/mol. The van der Waals surface area contributed by atoms with E-state index in [2.05, 4.69) is 29.6 Å². The summed E-state index contributed by atoms with van der Waals surface area (Å²) in [4.78, 5) is 4.40. The zero-order chi connectivity index (χ0) is 14.3. The number of nitrogens with one attached hydrogen (secondary N) is 2. The number of hydrazine groups is 1. The van der Waals surface area contributed by atoms with Crippen molar-refractivity contribution in [1.82, 2.24) is 10.7 Å². The lowest BCUT2D eigenvalue weighted by Gasteiger charge is -2.51. The summed E-state index contributed by atoms with van der Waals surface area (Å²) in [5.41, 5.74) is 2.71. The molecule has 112 valence electrons. The standard InChI is InChI=1S/C13H28N4O2/c1-5-19-8-6-7-15-12(17-14)16-10-9-11(18-4)13(10,2)3/h10-11H,5-9,14H2,1-4H3,(H2,15,16,17). The number of nitrogens with zero attached hydrogens (tertiary/aromatic N) is 1. The van der Waals surface area contributed by atoms with Crippen molar-refractivity contribution in [2.45, 2.75) is 45.8 Å². The van der Waals surface area contributed by atoms with Gasteiger partial charge in [0.2, 0.25) is 5.96 Å². The molecule has 19 heavy (non-hydrogen) atoms. The van der Waals surface area contributed by atoms with E-state index in [1.54, 1.807) is 7.11 Å². The molecule has 0 aromatic heterocycles. The third-order valence-electron chi connectivity index (χ3n) is 3.83. The molecule has 0 aromatic rings. The predicted molar refractivity (Wildman–Crippen MR) is 76.9 cm³/mol. The zero-order valence-corrected chi connectivity index (χ0v) is 12.5. The second-order valence-corrected chi connectivity index (χ2v) is 5.40. The third-order valence-corrected chi connectivity index (χ3v) is 3.83. The number of nitrogens with two attached hydrogens (primary N) is 1. The number of guanidine groups is 1. The molecule has 0 spiro atoms. The minimum absolute atomic E-state index is 0.0949. The van der Waals surface area contributed by atoms with Crippen molar-refractivity contribution in [3.8, 4) is 0 Å². The van der Waals surface area contributed by atoms with Gasteiger partial charge in [-0.2, -0.15) is 0 Å². The van der Waals surface area contributed by atoms with Gasteiger partial charge in [0.15, 0.2) is 0 Å². The van der Waals surface area contributed by atoms with Crippen LogP contribution in [0.15, 0.2) is 4.99 Å².